The molecule has 27 heavy (non-hydrogen) atoms. The number of carbonyl (C=O) groups is 1. The summed E-state index contributed by atoms with van der Waals surface area (Å²) >= 11 is 0. The number of amides is 1. The molecule has 0 radical (unpaired) electrons. The smallest absolute Gasteiger partial charge is 0.251 e. The lowest BCUT2D eigenvalue weighted by molar-refractivity contribution is 0.0950. The van der Waals surface area contributed by atoms with Crippen LogP contribution in [-0.2, 0) is 13.2 Å². The normalized spacial score (nSPS) is 10.5. The predicted octanol–water partition coefficient (Wildman–Crippen LogP) is 3.20. The van der Waals surface area contributed by atoms with Crippen molar-refractivity contribution in [2.45, 2.75) is 27.0 Å². The van der Waals surface area contributed by atoms with E-state index < -0.39 is 0 Å². The number of nitrogens with zero attached hydrogens (tertiary/aromatic N) is 2. The number of hydrogen-bond donors (Lipinski definition) is 1. The molecule has 7 nitrogen and oxygen atoms in total. The third kappa shape index (κ3) is 4.44. The van der Waals surface area contributed by atoms with Crippen LogP contribution in [0.4, 0.5) is 0 Å². The Labute approximate surface area is 157 Å². The zero-order valence-corrected chi connectivity index (χ0v) is 15.5. The topological polar surface area (TPSA) is 86.5 Å². The van der Waals surface area contributed by atoms with E-state index in [0.29, 0.717) is 30.2 Å². The SMILES string of the molecule is COc1cc(C(=O)NCc2ccncc2)ccc1OCc1c(C)noc1C. The number of hydrogen-bond acceptors (Lipinski definition) is 6. The molecule has 3 rings (SSSR count). The average Bonchev–Trinajstić information content (AvgIpc) is 3.02. The highest BCUT2D eigenvalue weighted by molar-refractivity contribution is 5.94. The fourth-order valence-corrected chi connectivity index (χ4v) is 2.57. The molecule has 0 aliphatic rings. The Balaban J connectivity index is 1.67. The summed E-state index contributed by atoms with van der Waals surface area (Å²) in [7, 11) is 1.54. The minimum atomic E-state index is -0.192. The van der Waals surface area contributed by atoms with Gasteiger partial charge in [-0.2, -0.15) is 0 Å². The molecule has 1 amide bonds. The van der Waals surface area contributed by atoms with Crippen LogP contribution in [0.3, 0.4) is 0 Å². The maximum Gasteiger partial charge on any atom is 0.251 e. The van der Waals surface area contributed by atoms with Gasteiger partial charge in [0.2, 0.25) is 0 Å². The molecule has 0 saturated heterocycles. The van der Waals surface area contributed by atoms with Gasteiger partial charge < -0.3 is 19.3 Å². The number of carbonyl (C=O) groups excluding carboxylic acids is 1. The maximum atomic E-state index is 12.4. The molecular formula is C20H21N3O4. The second-order valence-corrected chi connectivity index (χ2v) is 6.00. The zero-order valence-electron chi connectivity index (χ0n) is 15.5. The maximum absolute atomic E-state index is 12.4. The van der Waals surface area contributed by atoms with Gasteiger partial charge in [-0.15, -0.1) is 0 Å². The third-order valence-corrected chi connectivity index (χ3v) is 4.18. The summed E-state index contributed by atoms with van der Waals surface area (Å²) < 4.78 is 16.3. The molecular weight excluding hydrogens is 346 g/mol. The Kier molecular flexibility index (Phi) is 5.71. The minimum Gasteiger partial charge on any atom is -0.493 e. The van der Waals surface area contributed by atoms with Crippen LogP contribution in [0.15, 0.2) is 47.2 Å². The largest absolute Gasteiger partial charge is 0.493 e. The molecule has 0 spiro atoms. The molecule has 0 bridgehead atoms. The molecule has 0 saturated carbocycles. The van der Waals surface area contributed by atoms with Crippen molar-refractivity contribution in [2.24, 2.45) is 0 Å². The van der Waals surface area contributed by atoms with Crippen molar-refractivity contribution in [1.29, 1.82) is 0 Å². The second kappa shape index (κ2) is 8.35. The molecule has 1 aromatic carbocycles. The van der Waals surface area contributed by atoms with Gasteiger partial charge in [0.05, 0.1) is 18.4 Å². The van der Waals surface area contributed by atoms with Gasteiger partial charge in [0.25, 0.3) is 5.91 Å². The van der Waals surface area contributed by atoms with Gasteiger partial charge in [0.1, 0.15) is 12.4 Å². The van der Waals surface area contributed by atoms with Crippen LogP contribution >= 0.6 is 0 Å². The zero-order chi connectivity index (χ0) is 19.2. The first-order valence-electron chi connectivity index (χ1n) is 8.48. The molecule has 7 heteroatoms. The van der Waals surface area contributed by atoms with Crippen LogP contribution in [0.5, 0.6) is 11.5 Å². The standard InChI is InChI=1S/C20H21N3O4/c1-13-17(14(2)27-23-13)12-26-18-5-4-16(10-19(18)25-3)20(24)22-11-15-6-8-21-9-7-15/h4-10H,11-12H2,1-3H3,(H,22,24). The van der Waals surface area contributed by atoms with Gasteiger partial charge in [-0.25, -0.2) is 0 Å². The van der Waals surface area contributed by atoms with E-state index >= 15 is 0 Å². The van der Waals surface area contributed by atoms with Crippen molar-refractivity contribution in [1.82, 2.24) is 15.5 Å². The van der Waals surface area contributed by atoms with Crippen molar-refractivity contribution < 1.29 is 18.8 Å². The first-order valence-corrected chi connectivity index (χ1v) is 8.48. The van der Waals surface area contributed by atoms with Crippen LogP contribution in [0.1, 0.15) is 32.9 Å². The highest BCUT2D eigenvalue weighted by atomic mass is 16.5. The molecule has 0 atom stereocenters. The Hall–Kier alpha value is -3.35. The van der Waals surface area contributed by atoms with E-state index in [2.05, 4.69) is 15.5 Å². The molecule has 0 unspecified atom stereocenters. The second-order valence-electron chi connectivity index (χ2n) is 6.00. The summed E-state index contributed by atoms with van der Waals surface area (Å²) in [6, 6.07) is 8.79. The Morgan fingerprint density at radius 3 is 2.59 bits per heavy atom. The Morgan fingerprint density at radius 2 is 1.93 bits per heavy atom. The summed E-state index contributed by atoms with van der Waals surface area (Å²) in [6.07, 6.45) is 3.38. The van der Waals surface area contributed by atoms with Crippen molar-refractivity contribution in [3.05, 3.63) is 70.9 Å². The molecule has 2 aromatic heterocycles. The summed E-state index contributed by atoms with van der Waals surface area (Å²) in [5.41, 5.74) is 3.16. The molecule has 1 N–H and O–H groups in total. The monoisotopic (exact) mass is 367 g/mol. The quantitative estimate of drug-likeness (QED) is 0.690. The predicted molar refractivity (Wildman–Crippen MR) is 98.7 cm³/mol. The van der Waals surface area contributed by atoms with E-state index in [1.165, 1.54) is 7.11 Å². The molecule has 0 aliphatic heterocycles. The van der Waals surface area contributed by atoms with Gasteiger partial charge in [-0.1, -0.05) is 5.16 Å². The van der Waals surface area contributed by atoms with Crippen molar-refractivity contribution >= 4 is 5.91 Å². The summed E-state index contributed by atoms with van der Waals surface area (Å²) in [5, 5.41) is 6.78. The summed E-state index contributed by atoms with van der Waals surface area (Å²) in [6.45, 7) is 4.44. The number of nitrogens with one attached hydrogen (secondary N) is 1. The molecule has 0 fully saturated rings. The van der Waals surface area contributed by atoms with Crippen LogP contribution in [-0.4, -0.2) is 23.2 Å². The third-order valence-electron chi connectivity index (χ3n) is 4.18. The number of aromatic nitrogens is 2. The number of ether oxygens (including phenoxy) is 2. The van der Waals surface area contributed by atoms with Crippen molar-refractivity contribution in [3.63, 3.8) is 0 Å². The number of aryl methyl sites for hydroxylation is 2. The van der Waals surface area contributed by atoms with Crippen LogP contribution in [0, 0.1) is 13.8 Å². The lowest BCUT2D eigenvalue weighted by atomic mass is 10.1. The van der Waals surface area contributed by atoms with E-state index in [4.69, 9.17) is 14.0 Å². The van der Waals surface area contributed by atoms with E-state index in [9.17, 15) is 4.79 Å². The fourth-order valence-electron chi connectivity index (χ4n) is 2.57. The molecule has 140 valence electrons. The first-order chi connectivity index (χ1) is 13.1. The molecule has 0 aliphatic carbocycles. The Morgan fingerprint density at radius 1 is 1.15 bits per heavy atom. The lowest BCUT2D eigenvalue weighted by Gasteiger charge is -2.12. The molecule has 2 heterocycles. The van der Waals surface area contributed by atoms with Crippen LogP contribution in [0.25, 0.3) is 0 Å². The Bertz CT molecular complexity index is 903. The molecule has 3 aromatic rings. The first kappa shape index (κ1) is 18.4. The number of methoxy groups -OCH3 is 1. The van der Waals surface area contributed by atoms with Crippen LogP contribution < -0.4 is 14.8 Å². The lowest BCUT2D eigenvalue weighted by Crippen LogP contribution is -2.22. The summed E-state index contributed by atoms with van der Waals surface area (Å²) in [4.78, 5) is 16.3. The van der Waals surface area contributed by atoms with Gasteiger partial charge in [-0.3, -0.25) is 9.78 Å². The van der Waals surface area contributed by atoms with E-state index in [1.54, 1.807) is 30.6 Å². The number of benzene rings is 1. The van der Waals surface area contributed by atoms with Crippen molar-refractivity contribution in [2.75, 3.05) is 7.11 Å². The van der Waals surface area contributed by atoms with Crippen LogP contribution in [0.2, 0.25) is 0 Å². The average molecular weight is 367 g/mol. The van der Waals surface area contributed by atoms with E-state index in [0.717, 1.165) is 22.6 Å². The van der Waals surface area contributed by atoms with Crippen molar-refractivity contribution in [3.8, 4) is 11.5 Å². The van der Waals surface area contributed by atoms with Gasteiger partial charge in [0.15, 0.2) is 11.5 Å². The van der Waals surface area contributed by atoms with Gasteiger partial charge in [-0.05, 0) is 49.7 Å². The minimum absolute atomic E-state index is 0.192. The highest BCUT2D eigenvalue weighted by Crippen LogP contribution is 2.29. The van der Waals surface area contributed by atoms with E-state index in [1.807, 2.05) is 26.0 Å². The number of rotatable bonds is 7. The van der Waals surface area contributed by atoms with Gasteiger partial charge in [0, 0.05) is 24.5 Å². The van der Waals surface area contributed by atoms with Gasteiger partial charge >= 0.3 is 0 Å². The van der Waals surface area contributed by atoms with E-state index in [-0.39, 0.29) is 5.91 Å². The number of pyridine rings is 1. The fraction of sp³-hybridized carbons (Fsp3) is 0.250. The summed E-state index contributed by atoms with van der Waals surface area (Å²) in [5.74, 6) is 1.56. The highest BCUT2D eigenvalue weighted by Gasteiger charge is 2.14.